The molecule has 1 N–H and O–H groups in total. The third-order valence-corrected chi connectivity index (χ3v) is 4.61. The third kappa shape index (κ3) is 4.68. The lowest BCUT2D eigenvalue weighted by Gasteiger charge is -2.26. The maximum Gasteiger partial charge on any atom is 0.251 e. The van der Waals surface area contributed by atoms with Crippen molar-refractivity contribution >= 4 is 5.91 Å². The Morgan fingerprint density at radius 3 is 2.46 bits per heavy atom. The summed E-state index contributed by atoms with van der Waals surface area (Å²) in [4.78, 5) is 14.8. The zero-order valence-corrected chi connectivity index (χ0v) is 14.4. The molecule has 0 spiro atoms. The van der Waals surface area contributed by atoms with Crippen LogP contribution in [0.1, 0.15) is 46.3 Å². The molecule has 1 amide bonds. The predicted molar refractivity (Wildman–Crippen MR) is 97.9 cm³/mol. The second-order valence-electron chi connectivity index (χ2n) is 6.71. The predicted octanol–water partition coefficient (Wildman–Crippen LogP) is 3.91. The van der Waals surface area contributed by atoms with Gasteiger partial charge in [0, 0.05) is 18.7 Å². The molecule has 0 saturated carbocycles. The maximum atomic E-state index is 12.3. The summed E-state index contributed by atoms with van der Waals surface area (Å²) in [7, 11) is 0. The van der Waals surface area contributed by atoms with Gasteiger partial charge in [-0.1, -0.05) is 48.4 Å². The largest absolute Gasteiger partial charge is 0.348 e. The summed E-state index contributed by atoms with van der Waals surface area (Å²) in [5.74, 6) is -0.0129. The molecule has 0 radical (unpaired) electrons. The molecular formula is C21H26N2O. The van der Waals surface area contributed by atoms with Crippen LogP contribution < -0.4 is 5.32 Å². The molecule has 1 heterocycles. The summed E-state index contributed by atoms with van der Waals surface area (Å²) in [5, 5.41) is 2.99. The first-order valence-corrected chi connectivity index (χ1v) is 8.86. The van der Waals surface area contributed by atoms with Gasteiger partial charge in [-0.3, -0.25) is 9.69 Å². The number of aryl methyl sites for hydroxylation is 1. The van der Waals surface area contributed by atoms with E-state index < -0.39 is 0 Å². The van der Waals surface area contributed by atoms with E-state index in [-0.39, 0.29) is 5.91 Å². The van der Waals surface area contributed by atoms with Gasteiger partial charge in [0.25, 0.3) is 5.91 Å². The van der Waals surface area contributed by atoms with E-state index in [0.717, 1.165) is 17.7 Å². The fraction of sp³-hybridized carbons (Fsp3) is 0.381. The van der Waals surface area contributed by atoms with Gasteiger partial charge in [-0.25, -0.2) is 0 Å². The van der Waals surface area contributed by atoms with Crippen molar-refractivity contribution in [3.8, 4) is 0 Å². The Kier molecular flexibility index (Phi) is 5.65. The van der Waals surface area contributed by atoms with Crippen LogP contribution in [-0.2, 0) is 13.1 Å². The standard InChI is InChI=1S/C21H26N2O/c1-17-6-5-7-19(14-17)15-22-21(24)20-10-8-18(9-11-20)16-23-12-3-2-4-13-23/h5-11,14H,2-4,12-13,15-16H2,1H3,(H,22,24). The fourth-order valence-corrected chi connectivity index (χ4v) is 3.24. The van der Waals surface area contributed by atoms with Crippen molar-refractivity contribution in [2.24, 2.45) is 0 Å². The number of likely N-dealkylation sites (tertiary alicyclic amines) is 1. The van der Waals surface area contributed by atoms with Crippen LogP contribution in [0.3, 0.4) is 0 Å². The summed E-state index contributed by atoms with van der Waals surface area (Å²) >= 11 is 0. The first kappa shape index (κ1) is 16.7. The number of hydrogen-bond acceptors (Lipinski definition) is 2. The molecule has 3 rings (SSSR count). The molecule has 0 aromatic heterocycles. The Balaban J connectivity index is 1.53. The van der Waals surface area contributed by atoms with Gasteiger partial charge in [-0.05, 0) is 56.1 Å². The Bertz CT molecular complexity index is 672. The van der Waals surface area contributed by atoms with Gasteiger partial charge in [0.1, 0.15) is 0 Å². The van der Waals surface area contributed by atoms with E-state index >= 15 is 0 Å². The van der Waals surface area contributed by atoms with Crippen LogP contribution in [0, 0.1) is 6.92 Å². The highest BCUT2D eigenvalue weighted by Gasteiger charge is 2.11. The zero-order chi connectivity index (χ0) is 16.8. The Morgan fingerprint density at radius 1 is 1.00 bits per heavy atom. The molecule has 24 heavy (non-hydrogen) atoms. The van der Waals surface area contributed by atoms with E-state index in [2.05, 4.69) is 41.4 Å². The Hall–Kier alpha value is -2.13. The second-order valence-corrected chi connectivity index (χ2v) is 6.71. The van der Waals surface area contributed by atoms with E-state index in [1.54, 1.807) is 0 Å². The van der Waals surface area contributed by atoms with Crippen LogP contribution in [-0.4, -0.2) is 23.9 Å². The molecule has 2 aromatic carbocycles. The van der Waals surface area contributed by atoms with Crippen LogP contribution >= 0.6 is 0 Å². The molecule has 0 unspecified atom stereocenters. The van der Waals surface area contributed by atoms with Crippen LogP contribution in [0.5, 0.6) is 0 Å². The first-order valence-electron chi connectivity index (χ1n) is 8.86. The van der Waals surface area contributed by atoms with Crippen LogP contribution in [0.15, 0.2) is 48.5 Å². The number of nitrogens with one attached hydrogen (secondary N) is 1. The molecule has 0 bridgehead atoms. The average Bonchev–Trinajstić information content (AvgIpc) is 2.61. The molecule has 1 aliphatic rings. The van der Waals surface area contributed by atoms with Crippen molar-refractivity contribution in [3.05, 3.63) is 70.8 Å². The molecule has 3 heteroatoms. The zero-order valence-electron chi connectivity index (χ0n) is 14.4. The summed E-state index contributed by atoms with van der Waals surface area (Å²) in [6, 6.07) is 16.2. The van der Waals surface area contributed by atoms with Gasteiger partial charge >= 0.3 is 0 Å². The lowest BCUT2D eigenvalue weighted by Crippen LogP contribution is -2.29. The van der Waals surface area contributed by atoms with E-state index in [1.165, 1.54) is 43.5 Å². The van der Waals surface area contributed by atoms with Gasteiger partial charge in [0.05, 0.1) is 0 Å². The molecule has 2 aromatic rings. The van der Waals surface area contributed by atoms with Crippen molar-refractivity contribution in [2.45, 2.75) is 39.3 Å². The Labute approximate surface area is 144 Å². The van der Waals surface area contributed by atoms with Crippen molar-refractivity contribution < 1.29 is 4.79 Å². The molecule has 1 fully saturated rings. The van der Waals surface area contributed by atoms with Crippen molar-refractivity contribution in [3.63, 3.8) is 0 Å². The topological polar surface area (TPSA) is 32.3 Å². The number of rotatable bonds is 5. The molecular weight excluding hydrogens is 296 g/mol. The highest BCUT2D eigenvalue weighted by Crippen LogP contribution is 2.14. The van der Waals surface area contributed by atoms with E-state index in [9.17, 15) is 4.79 Å². The minimum absolute atomic E-state index is 0.0129. The SMILES string of the molecule is Cc1cccc(CNC(=O)c2ccc(CN3CCCCC3)cc2)c1. The fourth-order valence-electron chi connectivity index (χ4n) is 3.24. The number of hydrogen-bond donors (Lipinski definition) is 1. The molecule has 3 nitrogen and oxygen atoms in total. The lowest BCUT2D eigenvalue weighted by molar-refractivity contribution is 0.0951. The third-order valence-electron chi connectivity index (χ3n) is 4.61. The molecule has 0 atom stereocenters. The number of benzene rings is 2. The number of piperidine rings is 1. The van der Waals surface area contributed by atoms with Gasteiger partial charge in [-0.15, -0.1) is 0 Å². The maximum absolute atomic E-state index is 12.3. The molecule has 1 saturated heterocycles. The van der Waals surface area contributed by atoms with Crippen molar-refractivity contribution in [2.75, 3.05) is 13.1 Å². The monoisotopic (exact) mass is 322 g/mol. The number of carbonyl (C=O) groups excluding carboxylic acids is 1. The van der Waals surface area contributed by atoms with Gasteiger partial charge in [0.15, 0.2) is 0 Å². The molecule has 126 valence electrons. The van der Waals surface area contributed by atoms with Crippen LogP contribution in [0.2, 0.25) is 0 Å². The van der Waals surface area contributed by atoms with Gasteiger partial charge < -0.3 is 5.32 Å². The van der Waals surface area contributed by atoms with Crippen molar-refractivity contribution in [1.82, 2.24) is 10.2 Å². The number of carbonyl (C=O) groups is 1. The smallest absolute Gasteiger partial charge is 0.251 e. The Morgan fingerprint density at radius 2 is 1.75 bits per heavy atom. The summed E-state index contributed by atoms with van der Waals surface area (Å²) in [5.41, 5.74) is 4.35. The second kappa shape index (κ2) is 8.11. The lowest BCUT2D eigenvalue weighted by atomic mass is 10.1. The highest BCUT2D eigenvalue weighted by atomic mass is 16.1. The van der Waals surface area contributed by atoms with Crippen LogP contribution in [0.25, 0.3) is 0 Å². The quantitative estimate of drug-likeness (QED) is 0.905. The normalized spacial score (nSPS) is 15.2. The average molecular weight is 322 g/mol. The van der Waals surface area contributed by atoms with Crippen molar-refractivity contribution in [1.29, 1.82) is 0 Å². The van der Waals surface area contributed by atoms with E-state index in [1.807, 2.05) is 24.3 Å². The first-order chi connectivity index (χ1) is 11.7. The summed E-state index contributed by atoms with van der Waals surface area (Å²) in [6.45, 7) is 6.01. The minimum Gasteiger partial charge on any atom is -0.348 e. The summed E-state index contributed by atoms with van der Waals surface area (Å²) in [6.07, 6.45) is 3.97. The van der Waals surface area contributed by atoms with E-state index in [4.69, 9.17) is 0 Å². The summed E-state index contributed by atoms with van der Waals surface area (Å²) < 4.78 is 0. The molecule has 0 aliphatic carbocycles. The van der Waals surface area contributed by atoms with Crippen LogP contribution in [0.4, 0.5) is 0 Å². The molecule has 1 aliphatic heterocycles. The van der Waals surface area contributed by atoms with Gasteiger partial charge in [0.2, 0.25) is 0 Å². The highest BCUT2D eigenvalue weighted by molar-refractivity contribution is 5.94. The van der Waals surface area contributed by atoms with E-state index in [0.29, 0.717) is 6.54 Å². The number of amides is 1. The number of nitrogens with zero attached hydrogens (tertiary/aromatic N) is 1. The minimum atomic E-state index is -0.0129. The van der Waals surface area contributed by atoms with Gasteiger partial charge in [-0.2, -0.15) is 0 Å².